The Kier molecular flexibility index (Phi) is 5.12. The van der Waals surface area contributed by atoms with Crippen LogP contribution in [0.15, 0.2) is 24.3 Å². The number of aliphatic hydroxyl groups excluding tert-OH is 1. The van der Waals surface area contributed by atoms with Gasteiger partial charge in [-0.15, -0.1) is 0 Å². The van der Waals surface area contributed by atoms with Crippen molar-refractivity contribution in [2.24, 2.45) is 0 Å². The molecule has 0 aliphatic heterocycles. The quantitative estimate of drug-likeness (QED) is 0.705. The van der Waals surface area contributed by atoms with Crippen LogP contribution in [0.3, 0.4) is 0 Å². The van der Waals surface area contributed by atoms with Gasteiger partial charge in [0.2, 0.25) is 0 Å². The average Bonchev–Trinajstić information content (AvgIpc) is 2.36. The molecule has 2 unspecified atom stereocenters. The zero-order valence-corrected chi connectivity index (χ0v) is 10.9. The number of aryl methyl sites for hydroxylation is 1. The fourth-order valence-electron chi connectivity index (χ4n) is 1.59. The summed E-state index contributed by atoms with van der Waals surface area (Å²) in [4.78, 5) is 0. The Morgan fingerprint density at radius 3 is 2.35 bits per heavy atom. The van der Waals surface area contributed by atoms with E-state index in [4.69, 9.17) is 5.11 Å². The van der Waals surface area contributed by atoms with Crippen LogP contribution >= 0.6 is 0 Å². The van der Waals surface area contributed by atoms with Crippen molar-refractivity contribution in [3.63, 3.8) is 0 Å². The first-order valence-corrected chi connectivity index (χ1v) is 6.14. The second-order valence-corrected chi connectivity index (χ2v) is 4.85. The highest BCUT2D eigenvalue weighted by Crippen LogP contribution is 2.14. The van der Waals surface area contributed by atoms with Crippen molar-refractivity contribution >= 4 is 0 Å². The zero-order chi connectivity index (χ0) is 12.9. The van der Waals surface area contributed by atoms with E-state index in [1.165, 1.54) is 11.1 Å². The molecule has 0 saturated heterocycles. The number of rotatable bonds is 6. The minimum absolute atomic E-state index is 0.166. The first-order valence-electron chi connectivity index (χ1n) is 6.14. The third-order valence-corrected chi connectivity index (χ3v) is 3.02. The van der Waals surface area contributed by atoms with E-state index in [2.05, 4.69) is 43.4 Å². The molecule has 1 rings (SSSR count). The van der Waals surface area contributed by atoms with Gasteiger partial charge < -0.3 is 15.5 Å². The summed E-state index contributed by atoms with van der Waals surface area (Å²) < 4.78 is 0. The molecule has 0 aliphatic rings. The third kappa shape index (κ3) is 4.46. The van der Waals surface area contributed by atoms with Crippen LogP contribution in [0.2, 0.25) is 0 Å². The van der Waals surface area contributed by atoms with Crippen molar-refractivity contribution in [1.29, 1.82) is 0 Å². The molecule has 0 heterocycles. The summed E-state index contributed by atoms with van der Waals surface area (Å²) in [5.41, 5.74) is 1.46. The predicted molar refractivity (Wildman–Crippen MR) is 69.9 cm³/mol. The van der Waals surface area contributed by atoms with Gasteiger partial charge in [0.05, 0.1) is 12.2 Å². The molecule has 3 N–H and O–H groups in total. The van der Waals surface area contributed by atoms with Gasteiger partial charge in [-0.05, 0) is 31.4 Å². The number of nitrogens with one attached hydrogen (secondary N) is 1. The minimum Gasteiger partial charge on any atom is -0.393 e. The van der Waals surface area contributed by atoms with E-state index in [0.29, 0.717) is 6.54 Å². The van der Waals surface area contributed by atoms with E-state index in [-0.39, 0.29) is 12.6 Å². The second-order valence-electron chi connectivity index (χ2n) is 4.85. The molecule has 2 atom stereocenters. The van der Waals surface area contributed by atoms with Crippen LogP contribution in [0, 0.1) is 0 Å². The molecule has 0 aliphatic carbocycles. The number of hydrogen-bond acceptors (Lipinski definition) is 3. The Labute approximate surface area is 103 Å². The topological polar surface area (TPSA) is 52.5 Å². The van der Waals surface area contributed by atoms with Crippen molar-refractivity contribution in [1.82, 2.24) is 5.32 Å². The van der Waals surface area contributed by atoms with Gasteiger partial charge in [-0.3, -0.25) is 0 Å². The molecule has 0 fully saturated rings. The fraction of sp³-hybridized carbons (Fsp3) is 0.571. The van der Waals surface area contributed by atoms with Crippen molar-refractivity contribution in [2.45, 2.75) is 38.8 Å². The van der Waals surface area contributed by atoms with Crippen LogP contribution in [-0.2, 0) is 6.42 Å². The lowest BCUT2D eigenvalue weighted by atomic mass is 10.0. The molecule has 96 valence electrons. The van der Waals surface area contributed by atoms with Crippen LogP contribution < -0.4 is 5.32 Å². The van der Waals surface area contributed by atoms with E-state index in [9.17, 15) is 5.11 Å². The molecule has 3 heteroatoms. The monoisotopic (exact) mass is 237 g/mol. The lowest BCUT2D eigenvalue weighted by Crippen LogP contribution is -2.41. The van der Waals surface area contributed by atoms with Gasteiger partial charge >= 0.3 is 0 Å². The highest BCUT2D eigenvalue weighted by molar-refractivity contribution is 5.24. The van der Waals surface area contributed by atoms with Crippen LogP contribution in [0.25, 0.3) is 0 Å². The van der Waals surface area contributed by atoms with E-state index < -0.39 is 5.60 Å². The van der Waals surface area contributed by atoms with E-state index in [1.54, 1.807) is 6.92 Å². The molecule has 0 bridgehead atoms. The third-order valence-electron chi connectivity index (χ3n) is 3.02. The molecular formula is C14H23NO2. The highest BCUT2D eigenvalue weighted by atomic mass is 16.3. The van der Waals surface area contributed by atoms with Gasteiger partial charge in [0.25, 0.3) is 0 Å². The van der Waals surface area contributed by atoms with Crippen molar-refractivity contribution in [3.05, 3.63) is 35.4 Å². The second kappa shape index (κ2) is 6.15. The molecule has 0 saturated carbocycles. The summed E-state index contributed by atoms with van der Waals surface area (Å²) in [6.07, 6.45) is 1.04. The number of aliphatic hydroxyl groups is 2. The number of benzene rings is 1. The van der Waals surface area contributed by atoms with Gasteiger partial charge in [0.1, 0.15) is 0 Å². The fourth-order valence-corrected chi connectivity index (χ4v) is 1.59. The van der Waals surface area contributed by atoms with Gasteiger partial charge in [-0.25, -0.2) is 0 Å². The Morgan fingerprint density at radius 2 is 1.88 bits per heavy atom. The molecule has 3 nitrogen and oxygen atoms in total. The Balaban J connectivity index is 2.54. The lowest BCUT2D eigenvalue weighted by Gasteiger charge is -2.24. The van der Waals surface area contributed by atoms with Crippen molar-refractivity contribution in [2.75, 3.05) is 13.2 Å². The van der Waals surface area contributed by atoms with Crippen LogP contribution in [0.4, 0.5) is 0 Å². The molecule has 0 amide bonds. The summed E-state index contributed by atoms with van der Waals surface area (Å²) in [6.45, 7) is 5.94. The Morgan fingerprint density at radius 1 is 1.29 bits per heavy atom. The molecule has 1 aromatic carbocycles. The molecule has 1 aromatic rings. The first kappa shape index (κ1) is 14.2. The largest absolute Gasteiger partial charge is 0.393 e. The van der Waals surface area contributed by atoms with Crippen molar-refractivity contribution in [3.8, 4) is 0 Å². The van der Waals surface area contributed by atoms with Crippen LogP contribution in [0.5, 0.6) is 0 Å². The Bertz CT molecular complexity index is 333. The summed E-state index contributed by atoms with van der Waals surface area (Å²) in [5.74, 6) is 0. The summed E-state index contributed by atoms with van der Waals surface area (Å²) in [5, 5.41) is 21.9. The average molecular weight is 237 g/mol. The van der Waals surface area contributed by atoms with E-state index in [0.717, 1.165) is 6.42 Å². The van der Waals surface area contributed by atoms with E-state index >= 15 is 0 Å². The first-order chi connectivity index (χ1) is 7.98. The van der Waals surface area contributed by atoms with Gasteiger partial charge in [-0.1, -0.05) is 31.2 Å². The maximum absolute atomic E-state index is 9.69. The smallest absolute Gasteiger partial charge is 0.0973 e. The van der Waals surface area contributed by atoms with Crippen LogP contribution in [0.1, 0.15) is 37.9 Å². The predicted octanol–water partition coefficient (Wildman–Crippen LogP) is 1.64. The summed E-state index contributed by atoms with van der Waals surface area (Å²) in [7, 11) is 0. The van der Waals surface area contributed by atoms with Gasteiger partial charge in [0, 0.05) is 12.6 Å². The molecule has 0 spiro atoms. The lowest BCUT2D eigenvalue weighted by molar-refractivity contribution is 0.00106. The molecule has 0 radical (unpaired) electrons. The van der Waals surface area contributed by atoms with Gasteiger partial charge in [-0.2, -0.15) is 0 Å². The van der Waals surface area contributed by atoms with Gasteiger partial charge in [0.15, 0.2) is 0 Å². The highest BCUT2D eigenvalue weighted by Gasteiger charge is 2.19. The van der Waals surface area contributed by atoms with Crippen molar-refractivity contribution < 1.29 is 10.2 Å². The molecule has 17 heavy (non-hydrogen) atoms. The normalized spacial score (nSPS) is 16.5. The molecular weight excluding hydrogens is 214 g/mol. The number of hydrogen-bond donors (Lipinski definition) is 3. The SMILES string of the molecule is CCc1ccc(C(C)NCC(C)(O)CO)cc1. The van der Waals surface area contributed by atoms with E-state index in [1.807, 2.05) is 0 Å². The summed E-state index contributed by atoms with van der Waals surface area (Å²) in [6, 6.07) is 8.61. The Hall–Kier alpha value is -0.900. The summed E-state index contributed by atoms with van der Waals surface area (Å²) >= 11 is 0. The maximum Gasteiger partial charge on any atom is 0.0973 e. The standard InChI is InChI=1S/C14H23NO2/c1-4-12-5-7-13(8-6-12)11(2)15-9-14(3,17)10-16/h5-8,11,15-17H,4,9-10H2,1-3H3. The molecule has 0 aromatic heterocycles. The zero-order valence-electron chi connectivity index (χ0n) is 10.9. The minimum atomic E-state index is -1.06. The van der Waals surface area contributed by atoms with Crippen LogP contribution in [-0.4, -0.2) is 29.0 Å². The maximum atomic E-state index is 9.69.